The zero-order valence-corrected chi connectivity index (χ0v) is 18.9. The van der Waals surface area contributed by atoms with Gasteiger partial charge in [0.15, 0.2) is 0 Å². The number of hydrogen-bond acceptors (Lipinski definition) is 4. The molecule has 0 spiro atoms. The topological polar surface area (TPSA) is 65.4 Å². The average Bonchev–Trinajstić information content (AvgIpc) is 3.15. The molecule has 0 aliphatic carbocycles. The summed E-state index contributed by atoms with van der Waals surface area (Å²) in [6.45, 7) is 8.96. The fourth-order valence-corrected chi connectivity index (χ4v) is 3.05. The number of benzene rings is 2. The van der Waals surface area contributed by atoms with Crippen LogP contribution in [0.1, 0.15) is 44.5 Å². The van der Waals surface area contributed by atoms with Crippen LogP contribution in [0.4, 0.5) is 5.82 Å². The summed E-state index contributed by atoms with van der Waals surface area (Å²) in [5.41, 5.74) is 2.85. The predicted octanol–water partition coefficient (Wildman–Crippen LogP) is 4.78. The number of anilines is 1. The predicted molar refractivity (Wildman–Crippen MR) is 122 cm³/mol. The number of hydrogen-bond donors (Lipinski definition) is 1. The van der Waals surface area contributed by atoms with Crippen LogP contribution in [0.3, 0.4) is 0 Å². The Labute approximate surface area is 184 Å². The lowest BCUT2D eigenvalue weighted by Gasteiger charge is -2.15. The highest BCUT2D eigenvalue weighted by Crippen LogP contribution is 2.25. The lowest BCUT2D eigenvalue weighted by molar-refractivity contribution is -0.127. The number of nitrogens with one attached hydrogen (secondary N) is 1. The molecule has 3 rings (SSSR count). The van der Waals surface area contributed by atoms with Gasteiger partial charge in [-0.25, -0.2) is 4.68 Å². The van der Waals surface area contributed by atoms with E-state index in [1.807, 2.05) is 65.3 Å². The van der Waals surface area contributed by atoms with Crippen molar-refractivity contribution in [1.29, 1.82) is 0 Å². The summed E-state index contributed by atoms with van der Waals surface area (Å²) in [4.78, 5) is 12.8. The summed E-state index contributed by atoms with van der Waals surface area (Å²) >= 11 is 0. The number of carbonyl (C=O) groups is 1. The van der Waals surface area contributed by atoms with Gasteiger partial charge in [-0.2, -0.15) is 5.10 Å². The second-order valence-electron chi connectivity index (χ2n) is 8.60. The molecule has 0 aliphatic rings. The first-order chi connectivity index (χ1) is 14.8. The molecule has 1 atom stereocenters. The summed E-state index contributed by atoms with van der Waals surface area (Å²) in [5.74, 6) is 1.21. The SMILES string of the molecule is COc1cccc(COC(C)C(=O)Nc2cc(C(C)(C)C)nn2Cc2ccccc2)c1. The monoisotopic (exact) mass is 421 g/mol. The van der Waals surface area contributed by atoms with E-state index in [2.05, 4.69) is 26.1 Å². The minimum Gasteiger partial charge on any atom is -0.497 e. The second-order valence-corrected chi connectivity index (χ2v) is 8.60. The quantitative estimate of drug-likeness (QED) is 0.568. The van der Waals surface area contributed by atoms with E-state index in [1.54, 1.807) is 14.0 Å². The lowest BCUT2D eigenvalue weighted by atomic mass is 9.92. The standard InChI is InChI=1S/C25H31N3O3/c1-18(31-17-20-12-9-13-21(14-20)30-5)24(29)26-23-15-22(25(2,3)4)27-28(23)16-19-10-7-6-8-11-19/h6-15,18H,16-17H2,1-5H3,(H,26,29). The second kappa shape index (κ2) is 9.79. The van der Waals surface area contributed by atoms with E-state index in [4.69, 9.17) is 14.6 Å². The van der Waals surface area contributed by atoms with Crippen LogP contribution in [0.15, 0.2) is 60.7 Å². The molecule has 0 fully saturated rings. The van der Waals surface area contributed by atoms with E-state index in [9.17, 15) is 4.79 Å². The Morgan fingerprint density at radius 2 is 1.77 bits per heavy atom. The van der Waals surface area contributed by atoms with Gasteiger partial charge in [-0.1, -0.05) is 63.2 Å². The Morgan fingerprint density at radius 1 is 1.06 bits per heavy atom. The summed E-state index contributed by atoms with van der Waals surface area (Å²) in [6.07, 6.45) is -0.621. The van der Waals surface area contributed by atoms with Crippen molar-refractivity contribution in [3.8, 4) is 5.75 Å². The number of rotatable bonds is 8. The van der Waals surface area contributed by atoms with Crippen molar-refractivity contribution in [3.05, 3.63) is 77.5 Å². The van der Waals surface area contributed by atoms with Crippen LogP contribution in [0.25, 0.3) is 0 Å². The Morgan fingerprint density at radius 3 is 2.45 bits per heavy atom. The molecular formula is C25H31N3O3. The van der Waals surface area contributed by atoms with E-state index < -0.39 is 6.10 Å². The van der Waals surface area contributed by atoms with E-state index >= 15 is 0 Å². The number of ether oxygens (including phenoxy) is 2. The van der Waals surface area contributed by atoms with Crippen molar-refractivity contribution < 1.29 is 14.3 Å². The van der Waals surface area contributed by atoms with Crippen molar-refractivity contribution in [2.75, 3.05) is 12.4 Å². The van der Waals surface area contributed by atoms with Gasteiger partial charge in [0, 0.05) is 11.5 Å². The fraction of sp³-hybridized carbons (Fsp3) is 0.360. The minimum absolute atomic E-state index is 0.129. The van der Waals surface area contributed by atoms with Crippen molar-refractivity contribution in [2.24, 2.45) is 0 Å². The summed E-state index contributed by atoms with van der Waals surface area (Å²) in [5, 5.41) is 7.74. The maximum absolute atomic E-state index is 12.8. The zero-order valence-electron chi connectivity index (χ0n) is 18.9. The van der Waals surface area contributed by atoms with Crippen LogP contribution in [-0.4, -0.2) is 28.9 Å². The molecular weight excluding hydrogens is 390 g/mol. The third-order valence-corrected chi connectivity index (χ3v) is 4.98. The van der Waals surface area contributed by atoms with Gasteiger partial charge in [0.05, 0.1) is 26.0 Å². The third kappa shape index (κ3) is 6.18. The highest BCUT2D eigenvalue weighted by atomic mass is 16.5. The number of nitrogens with zero attached hydrogens (tertiary/aromatic N) is 2. The third-order valence-electron chi connectivity index (χ3n) is 4.98. The Hall–Kier alpha value is -3.12. The molecule has 1 amide bonds. The molecule has 2 aromatic carbocycles. The number of aromatic nitrogens is 2. The molecule has 6 nitrogen and oxygen atoms in total. The normalized spacial score (nSPS) is 12.4. The molecule has 3 aromatic rings. The molecule has 1 aromatic heterocycles. The number of carbonyl (C=O) groups excluding carboxylic acids is 1. The molecule has 0 saturated heterocycles. The van der Waals surface area contributed by atoms with Gasteiger partial charge in [-0.15, -0.1) is 0 Å². The molecule has 0 aliphatic heterocycles. The Bertz CT molecular complexity index is 1010. The van der Waals surface area contributed by atoms with Crippen LogP contribution in [0.5, 0.6) is 5.75 Å². The van der Waals surface area contributed by atoms with E-state index in [1.165, 1.54) is 0 Å². The first kappa shape index (κ1) is 22.6. The molecule has 0 saturated carbocycles. The summed E-state index contributed by atoms with van der Waals surface area (Å²) in [6, 6.07) is 19.6. The van der Waals surface area contributed by atoms with Crippen LogP contribution in [0.2, 0.25) is 0 Å². The van der Waals surface area contributed by atoms with Crippen molar-refractivity contribution in [3.63, 3.8) is 0 Å². The van der Waals surface area contributed by atoms with Crippen LogP contribution < -0.4 is 10.1 Å². The summed E-state index contributed by atoms with van der Waals surface area (Å²) < 4.78 is 12.9. The van der Waals surface area contributed by atoms with Crippen molar-refractivity contribution in [2.45, 2.75) is 52.4 Å². The smallest absolute Gasteiger partial charge is 0.254 e. The van der Waals surface area contributed by atoms with Gasteiger partial charge in [0.25, 0.3) is 5.91 Å². The van der Waals surface area contributed by atoms with Gasteiger partial charge in [0.1, 0.15) is 17.7 Å². The maximum Gasteiger partial charge on any atom is 0.254 e. The van der Waals surface area contributed by atoms with E-state index in [0.717, 1.165) is 22.6 Å². The van der Waals surface area contributed by atoms with Gasteiger partial charge in [-0.3, -0.25) is 4.79 Å². The van der Waals surface area contributed by atoms with Gasteiger partial charge < -0.3 is 14.8 Å². The molecule has 0 bridgehead atoms. The van der Waals surface area contributed by atoms with Crippen molar-refractivity contribution in [1.82, 2.24) is 9.78 Å². The molecule has 31 heavy (non-hydrogen) atoms. The molecule has 1 unspecified atom stereocenters. The average molecular weight is 422 g/mol. The lowest BCUT2D eigenvalue weighted by Crippen LogP contribution is -2.28. The highest BCUT2D eigenvalue weighted by molar-refractivity contribution is 5.93. The van der Waals surface area contributed by atoms with Crippen LogP contribution in [-0.2, 0) is 28.1 Å². The van der Waals surface area contributed by atoms with Gasteiger partial charge in [0.2, 0.25) is 0 Å². The fourth-order valence-electron chi connectivity index (χ4n) is 3.05. The van der Waals surface area contributed by atoms with Crippen LogP contribution in [0, 0.1) is 0 Å². The molecule has 1 heterocycles. The first-order valence-corrected chi connectivity index (χ1v) is 10.4. The largest absolute Gasteiger partial charge is 0.497 e. The van der Waals surface area contributed by atoms with E-state index in [0.29, 0.717) is 19.0 Å². The highest BCUT2D eigenvalue weighted by Gasteiger charge is 2.22. The minimum atomic E-state index is -0.621. The summed E-state index contributed by atoms with van der Waals surface area (Å²) in [7, 11) is 1.63. The molecule has 0 radical (unpaired) electrons. The van der Waals surface area contributed by atoms with Crippen LogP contribution >= 0.6 is 0 Å². The van der Waals surface area contributed by atoms with Crippen molar-refractivity contribution >= 4 is 11.7 Å². The molecule has 164 valence electrons. The maximum atomic E-state index is 12.8. The van der Waals surface area contributed by atoms with Gasteiger partial charge in [-0.05, 0) is 30.2 Å². The first-order valence-electron chi connectivity index (χ1n) is 10.4. The number of amides is 1. The Balaban J connectivity index is 1.70. The van der Waals surface area contributed by atoms with E-state index in [-0.39, 0.29) is 11.3 Å². The molecule has 1 N–H and O–H groups in total. The Kier molecular flexibility index (Phi) is 7.13. The molecule has 6 heteroatoms. The zero-order chi connectivity index (χ0) is 22.4. The number of methoxy groups -OCH3 is 1. The van der Waals surface area contributed by atoms with Gasteiger partial charge >= 0.3 is 0 Å².